The van der Waals surface area contributed by atoms with Gasteiger partial charge in [0.05, 0.1) is 22.9 Å². The smallest absolute Gasteiger partial charge is 0.0890 e. The highest BCUT2D eigenvalue weighted by Gasteiger charge is 1.99. The molecule has 0 radical (unpaired) electrons. The van der Waals surface area contributed by atoms with Gasteiger partial charge in [-0.1, -0.05) is 26.0 Å². The van der Waals surface area contributed by atoms with Crippen molar-refractivity contribution in [2.24, 2.45) is 0 Å². The molecule has 19 heavy (non-hydrogen) atoms. The summed E-state index contributed by atoms with van der Waals surface area (Å²) in [6, 6.07) is 8.52. The van der Waals surface area contributed by atoms with Gasteiger partial charge in [0.15, 0.2) is 0 Å². The van der Waals surface area contributed by atoms with Gasteiger partial charge in [-0.3, -0.25) is 4.98 Å². The standard InChI is InChI=1S/C15H22N4/c1-12(2)17-9-5-8-16-10-13-11-18-14-6-3-4-7-15(14)19-13/h3-4,6-7,11-12,16-17H,5,8-10H2,1-2H3. The van der Waals surface area contributed by atoms with E-state index in [0.29, 0.717) is 6.04 Å². The summed E-state index contributed by atoms with van der Waals surface area (Å²) in [5, 5.41) is 6.80. The van der Waals surface area contributed by atoms with Crippen LogP contribution in [0.4, 0.5) is 0 Å². The first-order valence-corrected chi connectivity index (χ1v) is 6.90. The fourth-order valence-corrected chi connectivity index (χ4v) is 1.90. The normalized spacial score (nSPS) is 11.3. The number of hydrogen-bond acceptors (Lipinski definition) is 4. The molecule has 0 amide bonds. The van der Waals surface area contributed by atoms with Gasteiger partial charge in [-0.05, 0) is 31.6 Å². The first kappa shape index (κ1) is 13.9. The summed E-state index contributed by atoms with van der Waals surface area (Å²) < 4.78 is 0. The molecule has 1 aromatic heterocycles. The van der Waals surface area contributed by atoms with Crippen molar-refractivity contribution in [2.75, 3.05) is 13.1 Å². The second-order valence-electron chi connectivity index (χ2n) is 4.99. The Morgan fingerprint density at radius 2 is 1.89 bits per heavy atom. The highest BCUT2D eigenvalue weighted by Crippen LogP contribution is 2.07. The Labute approximate surface area is 114 Å². The summed E-state index contributed by atoms with van der Waals surface area (Å²) in [7, 11) is 0. The lowest BCUT2D eigenvalue weighted by Crippen LogP contribution is -2.26. The van der Waals surface area contributed by atoms with E-state index in [9.17, 15) is 0 Å². The highest BCUT2D eigenvalue weighted by atomic mass is 14.9. The van der Waals surface area contributed by atoms with Crippen molar-refractivity contribution in [2.45, 2.75) is 32.9 Å². The molecule has 0 aliphatic carbocycles. The predicted molar refractivity (Wildman–Crippen MR) is 79.0 cm³/mol. The summed E-state index contributed by atoms with van der Waals surface area (Å²) in [5.41, 5.74) is 2.91. The second kappa shape index (κ2) is 7.16. The Bertz CT molecular complexity index is 510. The van der Waals surface area contributed by atoms with E-state index in [0.717, 1.165) is 42.8 Å². The zero-order chi connectivity index (χ0) is 13.5. The average Bonchev–Trinajstić information content (AvgIpc) is 2.42. The van der Waals surface area contributed by atoms with Crippen LogP contribution in [0.5, 0.6) is 0 Å². The quantitative estimate of drug-likeness (QED) is 0.747. The molecule has 0 aliphatic rings. The van der Waals surface area contributed by atoms with E-state index >= 15 is 0 Å². The largest absolute Gasteiger partial charge is 0.314 e. The van der Waals surface area contributed by atoms with Crippen molar-refractivity contribution in [1.82, 2.24) is 20.6 Å². The molecule has 2 rings (SSSR count). The van der Waals surface area contributed by atoms with E-state index in [4.69, 9.17) is 0 Å². The average molecular weight is 258 g/mol. The van der Waals surface area contributed by atoms with Crippen LogP contribution in [0.3, 0.4) is 0 Å². The Kier molecular flexibility index (Phi) is 5.24. The van der Waals surface area contributed by atoms with Crippen molar-refractivity contribution in [3.05, 3.63) is 36.2 Å². The number of aromatic nitrogens is 2. The molecule has 102 valence electrons. The first-order chi connectivity index (χ1) is 9.25. The number of para-hydroxylation sites is 2. The van der Waals surface area contributed by atoms with Crippen LogP contribution in [0, 0.1) is 0 Å². The Hall–Kier alpha value is -1.52. The fourth-order valence-electron chi connectivity index (χ4n) is 1.90. The third-order valence-corrected chi connectivity index (χ3v) is 2.89. The molecule has 4 heteroatoms. The van der Waals surface area contributed by atoms with E-state index in [1.165, 1.54) is 0 Å². The Balaban J connectivity index is 1.75. The minimum Gasteiger partial charge on any atom is -0.314 e. The number of hydrogen-bond donors (Lipinski definition) is 2. The summed E-state index contributed by atoms with van der Waals surface area (Å²) in [5.74, 6) is 0. The molecule has 0 unspecified atom stereocenters. The Morgan fingerprint density at radius 3 is 2.68 bits per heavy atom. The van der Waals surface area contributed by atoms with Gasteiger partial charge in [-0.25, -0.2) is 4.98 Å². The number of nitrogens with one attached hydrogen (secondary N) is 2. The van der Waals surface area contributed by atoms with Crippen LogP contribution >= 0.6 is 0 Å². The van der Waals surface area contributed by atoms with Crippen LogP contribution in [-0.4, -0.2) is 29.1 Å². The lowest BCUT2D eigenvalue weighted by molar-refractivity contribution is 0.546. The lowest BCUT2D eigenvalue weighted by Gasteiger charge is -2.08. The minimum absolute atomic E-state index is 0.561. The van der Waals surface area contributed by atoms with Crippen molar-refractivity contribution in [3.63, 3.8) is 0 Å². The molecule has 0 spiro atoms. The molecule has 1 heterocycles. The van der Waals surface area contributed by atoms with E-state index < -0.39 is 0 Å². The van der Waals surface area contributed by atoms with E-state index in [2.05, 4.69) is 34.4 Å². The van der Waals surface area contributed by atoms with Gasteiger partial charge in [0.2, 0.25) is 0 Å². The zero-order valence-corrected chi connectivity index (χ0v) is 11.7. The third-order valence-electron chi connectivity index (χ3n) is 2.89. The van der Waals surface area contributed by atoms with Gasteiger partial charge in [-0.2, -0.15) is 0 Å². The maximum Gasteiger partial charge on any atom is 0.0890 e. The second-order valence-corrected chi connectivity index (χ2v) is 4.99. The molecular weight excluding hydrogens is 236 g/mol. The monoisotopic (exact) mass is 258 g/mol. The lowest BCUT2D eigenvalue weighted by atomic mass is 10.3. The number of rotatable bonds is 7. The van der Waals surface area contributed by atoms with Crippen LogP contribution in [-0.2, 0) is 6.54 Å². The van der Waals surface area contributed by atoms with Gasteiger partial charge >= 0.3 is 0 Å². The van der Waals surface area contributed by atoms with E-state index in [1.807, 2.05) is 30.5 Å². The van der Waals surface area contributed by atoms with Gasteiger partial charge in [0.1, 0.15) is 0 Å². The summed E-state index contributed by atoms with van der Waals surface area (Å²) in [6.45, 7) is 7.15. The maximum atomic E-state index is 4.58. The number of nitrogens with zero attached hydrogens (tertiary/aromatic N) is 2. The fraction of sp³-hybridized carbons (Fsp3) is 0.467. The summed E-state index contributed by atoms with van der Waals surface area (Å²) in [4.78, 5) is 8.99. The SMILES string of the molecule is CC(C)NCCCNCc1cnc2ccccc2n1. The van der Waals surface area contributed by atoms with Gasteiger partial charge < -0.3 is 10.6 Å². The predicted octanol–water partition coefficient (Wildman–Crippen LogP) is 2.11. The molecule has 0 atom stereocenters. The summed E-state index contributed by atoms with van der Waals surface area (Å²) in [6.07, 6.45) is 2.97. The molecule has 2 aromatic rings. The van der Waals surface area contributed by atoms with Crippen LogP contribution in [0.1, 0.15) is 26.0 Å². The molecule has 0 aliphatic heterocycles. The van der Waals surface area contributed by atoms with E-state index in [-0.39, 0.29) is 0 Å². The first-order valence-electron chi connectivity index (χ1n) is 6.90. The highest BCUT2D eigenvalue weighted by molar-refractivity contribution is 5.73. The molecule has 0 bridgehead atoms. The van der Waals surface area contributed by atoms with Crippen molar-refractivity contribution in [3.8, 4) is 0 Å². The van der Waals surface area contributed by atoms with Crippen LogP contribution in [0.25, 0.3) is 11.0 Å². The van der Waals surface area contributed by atoms with Gasteiger partial charge in [-0.15, -0.1) is 0 Å². The zero-order valence-electron chi connectivity index (χ0n) is 11.7. The Morgan fingerprint density at radius 1 is 1.11 bits per heavy atom. The van der Waals surface area contributed by atoms with Crippen molar-refractivity contribution in [1.29, 1.82) is 0 Å². The molecule has 0 saturated carbocycles. The van der Waals surface area contributed by atoms with E-state index in [1.54, 1.807) is 0 Å². The van der Waals surface area contributed by atoms with Crippen LogP contribution in [0.2, 0.25) is 0 Å². The van der Waals surface area contributed by atoms with Crippen LogP contribution in [0.15, 0.2) is 30.5 Å². The molecule has 1 aromatic carbocycles. The molecule has 0 saturated heterocycles. The van der Waals surface area contributed by atoms with Crippen LogP contribution < -0.4 is 10.6 Å². The van der Waals surface area contributed by atoms with Crippen molar-refractivity contribution >= 4 is 11.0 Å². The van der Waals surface area contributed by atoms with Gasteiger partial charge in [0, 0.05) is 12.6 Å². The molecule has 4 nitrogen and oxygen atoms in total. The number of benzene rings is 1. The topological polar surface area (TPSA) is 49.8 Å². The molecule has 2 N–H and O–H groups in total. The third kappa shape index (κ3) is 4.58. The minimum atomic E-state index is 0.561. The number of fused-ring (bicyclic) bond motifs is 1. The molecular formula is C15H22N4. The van der Waals surface area contributed by atoms with Gasteiger partial charge in [0.25, 0.3) is 0 Å². The maximum absolute atomic E-state index is 4.58. The van der Waals surface area contributed by atoms with Crippen molar-refractivity contribution < 1.29 is 0 Å². The summed E-state index contributed by atoms with van der Waals surface area (Å²) >= 11 is 0. The molecule has 0 fully saturated rings.